The fourth-order valence-electron chi connectivity index (χ4n) is 3.20. The zero-order valence-electron chi connectivity index (χ0n) is 15.0. The molecule has 0 radical (unpaired) electrons. The Bertz CT molecular complexity index is 901. The number of hydrogen-bond donors (Lipinski definition) is 1. The topological polar surface area (TPSA) is 66.8 Å². The van der Waals surface area contributed by atoms with Crippen LogP contribution in [-0.2, 0) is 9.53 Å². The molecule has 1 heterocycles. The summed E-state index contributed by atoms with van der Waals surface area (Å²) in [6.07, 6.45) is -0.890. The zero-order valence-corrected chi connectivity index (χ0v) is 15.0. The number of halogens is 2. The van der Waals surface area contributed by atoms with Crippen molar-refractivity contribution in [3.05, 3.63) is 77.9 Å². The van der Waals surface area contributed by atoms with Crippen molar-refractivity contribution in [2.24, 2.45) is 5.92 Å². The first kappa shape index (κ1) is 19.7. The molecule has 0 bridgehead atoms. The summed E-state index contributed by atoms with van der Waals surface area (Å²) in [5.41, 5.74) is 0.992. The number of carbonyl (C=O) groups excluding carboxylic acids is 2. The molecule has 1 N–H and O–H groups in total. The molecule has 1 fully saturated rings. The summed E-state index contributed by atoms with van der Waals surface area (Å²) in [5, 5.41) is 9.71. The average molecular weight is 387 g/mol. The predicted octanol–water partition coefficient (Wildman–Crippen LogP) is 3.70. The Labute approximate surface area is 160 Å². The summed E-state index contributed by atoms with van der Waals surface area (Å²) < 4.78 is 32.1. The van der Waals surface area contributed by atoms with Crippen LogP contribution in [0.2, 0.25) is 0 Å². The third-order valence-corrected chi connectivity index (χ3v) is 4.67. The minimum Gasteiger partial charge on any atom is -0.446 e. The van der Waals surface area contributed by atoms with Gasteiger partial charge in [0.05, 0.1) is 12.5 Å². The van der Waals surface area contributed by atoms with E-state index in [1.165, 1.54) is 6.07 Å². The van der Waals surface area contributed by atoms with Crippen molar-refractivity contribution < 1.29 is 28.2 Å². The summed E-state index contributed by atoms with van der Waals surface area (Å²) in [4.78, 5) is 26.1. The molecule has 1 saturated heterocycles. The summed E-state index contributed by atoms with van der Waals surface area (Å²) in [5.74, 6) is -3.19. The first-order valence-corrected chi connectivity index (χ1v) is 8.71. The van der Waals surface area contributed by atoms with Gasteiger partial charge < -0.3 is 9.84 Å². The van der Waals surface area contributed by atoms with Crippen LogP contribution in [0.15, 0.2) is 55.1 Å². The van der Waals surface area contributed by atoms with E-state index in [1.54, 1.807) is 24.3 Å². The number of aliphatic hydroxyl groups is 1. The van der Waals surface area contributed by atoms with E-state index in [1.807, 2.05) is 6.07 Å². The molecule has 0 aliphatic carbocycles. The number of amides is 2. The van der Waals surface area contributed by atoms with E-state index >= 15 is 0 Å². The molecule has 3 rings (SSSR count). The van der Waals surface area contributed by atoms with Crippen molar-refractivity contribution in [2.75, 3.05) is 13.2 Å². The third kappa shape index (κ3) is 3.94. The van der Waals surface area contributed by atoms with Crippen molar-refractivity contribution in [1.82, 2.24) is 4.90 Å². The van der Waals surface area contributed by atoms with Gasteiger partial charge in [-0.2, -0.15) is 0 Å². The Morgan fingerprint density at radius 1 is 1.25 bits per heavy atom. The van der Waals surface area contributed by atoms with Crippen LogP contribution >= 0.6 is 0 Å². The molecule has 0 spiro atoms. The van der Waals surface area contributed by atoms with Gasteiger partial charge in [0.1, 0.15) is 24.3 Å². The van der Waals surface area contributed by atoms with Crippen molar-refractivity contribution in [3.8, 4) is 0 Å². The molecule has 0 aromatic heterocycles. The van der Waals surface area contributed by atoms with Crippen LogP contribution in [0, 0.1) is 17.6 Å². The quantitative estimate of drug-likeness (QED) is 0.821. The molecule has 2 unspecified atom stereocenters. The minimum atomic E-state index is -1.02. The molecule has 0 saturated carbocycles. The second-order valence-electron chi connectivity index (χ2n) is 6.52. The van der Waals surface area contributed by atoms with Crippen LogP contribution in [0.5, 0.6) is 0 Å². The largest absolute Gasteiger partial charge is 0.446 e. The lowest BCUT2D eigenvalue weighted by Crippen LogP contribution is -2.40. The molecule has 2 aromatic carbocycles. The van der Waals surface area contributed by atoms with Gasteiger partial charge >= 0.3 is 6.09 Å². The van der Waals surface area contributed by atoms with Crippen LogP contribution in [0.4, 0.5) is 13.6 Å². The number of imide groups is 1. The van der Waals surface area contributed by atoms with Gasteiger partial charge in [0.25, 0.3) is 0 Å². The first-order chi connectivity index (χ1) is 13.4. The Hall–Kier alpha value is -3.06. The average Bonchev–Trinajstić information content (AvgIpc) is 3.07. The Morgan fingerprint density at radius 2 is 1.96 bits per heavy atom. The SMILES string of the molecule is C=C(CC(CO)C(=O)N1C(=O)OCC1c1ccccc1)c1ccc(F)cc1F. The van der Waals surface area contributed by atoms with Gasteiger partial charge in [-0.15, -0.1) is 0 Å². The maximum Gasteiger partial charge on any atom is 0.417 e. The van der Waals surface area contributed by atoms with Gasteiger partial charge in [0, 0.05) is 11.6 Å². The van der Waals surface area contributed by atoms with Gasteiger partial charge in [-0.3, -0.25) is 4.79 Å². The van der Waals surface area contributed by atoms with Gasteiger partial charge in [-0.05, 0) is 29.7 Å². The van der Waals surface area contributed by atoms with E-state index in [-0.39, 0.29) is 24.2 Å². The highest BCUT2D eigenvalue weighted by molar-refractivity contribution is 5.95. The minimum absolute atomic E-state index is 0.0142. The molecule has 5 nitrogen and oxygen atoms in total. The number of ether oxygens (including phenoxy) is 1. The number of allylic oxidation sites excluding steroid dienone is 1. The van der Waals surface area contributed by atoms with Crippen molar-refractivity contribution in [1.29, 1.82) is 0 Å². The van der Waals surface area contributed by atoms with Crippen LogP contribution in [-0.4, -0.2) is 35.2 Å². The smallest absolute Gasteiger partial charge is 0.417 e. The van der Waals surface area contributed by atoms with Crippen LogP contribution in [0.25, 0.3) is 5.57 Å². The van der Waals surface area contributed by atoms with E-state index in [9.17, 15) is 23.5 Å². The Kier molecular flexibility index (Phi) is 5.84. The highest BCUT2D eigenvalue weighted by atomic mass is 19.1. The fraction of sp³-hybridized carbons (Fsp3) is 0.238. The predicted molar refractivity (Wildman–Crippen MR) is 98.0 cm³/mol. The maximum absolute atomic E-state index is 14.0. The number of aliphatic hydroxyl groups excluding tert-OH is 1. The van der Waals surface area contributed by atoms with E-state index in [2.05, 4.69) is 6.58 Å². The molecular formula is C21H19F2NO4. The summed E-state index contributed by atoms with van der Waals surface area (Å²) in [6.45, 7) is 3.20. The molecule has 2 amide bonds. The van der Waals surface area contributed by atoms with Crippen LogP contribution < -0.4 is 0 Å². The second-order valence-corrected chi connectivity index (χ2v) is 6.52. The van der Waals surface area contributed by atoms with Crippen LogP contribution in [0.3, 0.4) is 0 Å². The second kappa shape index (κ2) is 8.31. The number of carbonyl (C=O) groups is 2. The maximum atomic E-state index is 14.0. The molecule has 2 atom stereocenters. The van der Waals surface area contributed by atoms with Gasteiger partial charge in [0.2, 0.25) is 5.91 Å². The van der Waals surface area contributed by atoms with E-state index in [0.717, 1.165) is 22.6 Å². The highest BCUT2D eigenvalue weighted by Crippen LogP contribution is 2.32. The lowest BCUT2D eigenvalue weighted by Gasteiger charge is -2.24. The lowest BCUT2D eigenvalue weighted by atomic mass is 9.93. The van der Waals surface area contributed by atoms with E-state index in [4.69, 9.17) is 4.74 Å². The fourth-order valence-corrected chi connectivity index (χ4v) is 3.20. The van der Waals surface area contributed by atoms with Crippen molar-refractivity contribution >= 4 is 17.6 Å². The first-order valence-electron chi connectivity index (χ1n) is 8.71. The monoisotopic (exact) mass is 387 g/mol. The van der Waals surface area contributed by atoms with Crippen LogP contribution in [0.1, 0.15) is 23.6 Å². The van der Waals surface area contributed by atoms with Gasteiger partial charge in [-0.1, -0.05) is 36.9 Å². The van der Waals surface area contributed by atoms with Crippen molar-refractivity contribution in [2.45, 2.75) is 12.5 Å². The lowest BCUT2D eigenvalue weighted by molar-refractivity contribution is -0.134. The van der Waals surface area contributed by atoms with Gasteiger partial charge in [0.15, 0.2) is 0 Å². The summed E-state index contributed by atoms with van der Waals surface area (Å²) >= 11 is 0. The molecule has 1 aliphatic heterocycles. The third-order valence-electron chi connectivity index (χ3n) is 4.67. The number of benzene rings is 2. The van der Waals surface area contributed by atoms with E-state index in [0.29, 0.717) is 0 Å². The number of nitrogens with zero attached hydrogens (tertiary/aromatic N) is 1. The number of rotatable bonds is 6. The molecule has 1 aliphatic rings. The standard InChI is InChI=1S/C21H19F2NO4/c1-13(17-8-7-16(22)10-18(17)23)9-15(11-25)20(26)24-19(12-28-21(24)27)14-5-3-2-4-6-14/h2-8,10,15,19,25H,1,9,11-12H2. The molecule has 2 aromatic rings. The van der Waals surface area contributed by atoms with Gasteiger partial charge in [-0.25, -0.2) is 18.5 Å². The van der Waals surface area contributed by atoms with E-state index < -0.39 is 42.2 Å². The summed E-state index contributed by atoms with van der Waals surface area (Å²) in [6, 6.07) is 11.3. The normalized spacial score (nSPS) is 17.3. The Balaban J connectivity index is 1.80. The highest BCUT2D eigenvalue weighted by Gasteiger charge is 2.41. The molecule has 146 valence electrons. The summed E-state index contributed by atoms with van der Waals surface area (Å²) in [7, 11) is 0. The zero-order chi connectivity index (χ0) is 20.3. The number of cyclic esters (lactones) is 1. The number of hydrogen-bond acceptors (Lipinski definition) is 4. The molecule has 7 heteroatoms. The molecular weight excluding hydrogens is 368 g/mol. The molecule has 28 heavy (non-hydrogen) atoms. The van der Waals surface area contributed by atoms with Crippen molar-refractivity contribution in [3.63, 3.8) is 0 Å². The Morgan fingerprint density at radius 3 is 2.61 bits per heavy atom.